The summed E-state index contributed by atoms with van der Waals surface area (Å²) < 4.78 is 0. The van der Waals surface area contributed by atoms with Crippen LogP contribution in [0.25, 0.3) is 11.3 Å². The Morgan fingerprint density at radius 3 is 2.33 bits per heavy atom. The number of unbranched alkanes of at least 4 members (excludes halogenated alkanes) is 1. The largest absolute Gasteiger partial charge is 0.354 e. The lowest BCUT2D eigenvalue weighted by atomic mass is 10.1. The molecule has 0 amide bonds. The van der Waals surface area contributed by atoms with Gasteiger partial charge in [0.2, 0.25) is 0 Å². The van der Waals surface area contributed by atoms with E-state index < -0.39 is 0 Å². The quantitative estimate of drug-likeness (QED) is 0.590. The summed E-state index contributed by atoms with van der Waals surface area (Å²) >= 11 is 0. The maximum Gasteiger partial charge on any atom is 0.0706 e. The molecule has 2 heteroatoms. The van der Waals surface area contributed by atoms with Gasteiger partial charge in [0.15, 0.2) is 0 Å². The van der Waals surface area contributed by atoms with Crippen LogP contribution in [0, 0.1) is 6.92 Å². The lowest BCUT2D eigenvalue weighted by molar-refractivity contribution is 0.779. The van der Waals surface area contributed by atoms with Crippen molar-refractivity contribution >= 4 is 11.4 Å². The molecule has 3 rings (SSSR count). The average Bonchev–Trinajstić information content (AvgIpc) is 2.62. The van der Waals surface area contributed by atoms with E-state index in [1.807, 2.05) is 18.2 Å². The first-order valence-electron chi connectivity index (χ1n) is 8.65. The lowest BCUT2D eigenvalue weighted by Crippen LogP contribution is -2.00. The standard InChI is InChI=1S/C22H24N2/c1-3-4-10-21-22(23-19-8-6-5-7-9-19)16-15-20(24-21)18-13-11-17(2)12-14-18/h5-9,11-16,23H,3-4,10H2,1-2H3. The zero-order valence-electron chi connectivity index (χ0n) is 14.4. The number of aromatic nitrogens is 1. The van der Waals surface area contributed by atoms with Gasteiger partial charge in [-0.15, -0.1) is 0 Å². The molecule has 0 saturated heterocycles. The molecule has 24 heavy (non-hydrogen) atoms. The van der Waals surface area contributed by atoms with Crippen LogP contribution in [0.5, 0.6) is 0 Å². The molecule has 0 saturated carbocycles. The van der Waals surface area contributed by atoms with E-state index in [0.29, 0.717) is 0 Å². The van der Waals surface area contributed by atoms with Crippen molar-refractivity contribution in [3.63, 3.8) is 0 Å². The molecule has 0 radical (unpaired) electrons. The molecule has 0 spiro atoms. The van der Waals surface area contributed by atoms with E-state index in [1.54, 1.807) is 0 Å². The van der Waals surface area contributed by atoms with Crippen molar-refractivity contribution in [2.45, 2.75) is 33.1 Å². The Hall–Kier alpha value is -2.61. The van der Waals surface area contributed by atoms with Crippen molar-refractivity contribution in [1.82, 2.24) is 4.98 Å². The van der Waals surface area contributed by atoms with Crippen molar-refractivity contribution in [1.29, 1.82) is 0 Å². The SMILES string of the molecule is CCCCc1nc(-c2ccc(C)cc2)ccc1Nc1ccccc1. The molecule has 2 aromatic carbocycles. The third-order valence-corrected chi connectivity index (χ3v) is 4.14. The number of aryl methyl sites for hydroxylation is 2. The fourth-order valence-corrected chi connectivity index (χ4v) is 2.71. The Labute approximate surface area is 144 Å². The maximum absolute atomic E-state index is 4.94. The molecule has 0 aliphatic carbocycles. The van der Waals surface area contributed by atoms with E-state index in [9.17, 15) is 0 Å². The molecule has 3 aromatic rings. The summed E-state index contributed by atoms with van der Waals surface area (Å²) in [5, 5.41) is 3.51. The Balaban J connectivity index is 1.92. The summed E-state index contributed by atoms with van der Waals surface area (Å²) in [5.41, 5.74) is 6.82. The van der Waals surface area contributed by atoms with Crippen LogP contribution in [-0.2, 0) is 6.42 Å². The van der Waals surface area contributed by atoms with Gasteiger partial charge in [-0.25, -0.2) is 0 Å². The second-order valence-corrected chi connectivity index (χ2v) is 6.15. The van der Waals surface area contributed by atoms with Crippen LogP contribution in [0.2, 0.25) is 0 Å². The first-order chi connectivity index (χ1) is 11.8. The molecule has 1 N–H and O–H groups in total. The van der Waals surface area contributed by atoms with Gasteiger partial charge < -0.3 is 5.32 Å². The monoisotopic (exact) mass is 316 g/mol. The van der Waals surface area contributed by atoms with E-state index >= 15 is 0 Å². The van der Waals surface area contributed by atoms with Gasteiger partial charge in [-0.1, -0.05) is 61.4 Å². The summed E-state index contributed by atoms with van der Waals surface area (Å²) in [6.07, 6.45) is 3.31. The minimum atomic E-state index is 0.991. The third kappa shape index (κ3) is 4.02. The number of rotatable bonds is 6. The van der Waals surface area contributed by atoms with Crippen LogP contribution < -0.4 is 5.32 Å². The normalized spacial score (nSPS) is 10.6. The fraction of sp³-hybridized carbons (Fsp3) is 0.227. The highest BCUT2D eigenvalue weighted by Crippen LogP contribution is 2.26. The van der Waals surface area contributed by atoms with Crippen LogP contribution in [0.1, 0.15) is 31.0 Å². The van der Waals surface area contributed by atoms with Crippen LogP contribution in [0.15, 0.2) is 66.7 Å². The number of benzene rings is 2. The van der Waals surface area contributed by atoms with Gasteiger partial charge in [0.1, 0.15) is 0 Å². The third-order valence-electron chi connectivity index (χ3n) is 4.14. The molecule has 0 unspecified atom stereocenters. The Morgan fingerprint density at radius 1 is 0.875 bits per heavy atom. The fourth-order valence-electron chi connectivity index (χ4n) is 2.71. The van der Waals surface area contributed by atoms with Crippen LogP contribution in [0.3, 0.4) is 0 Å². The smallest absolute Gasteiger partial charge is 0.0706 e. The number of anilines is 2. The Morgan fingerprint density at radius 2 is 1.62 bits per heavy atom. The van der Waals surface area contributed by atoms with Gasteiger partial charge in [0.25, 0.3) is 0 Å². The average molecular weight is 316 g/mol. The summed E-state index contributed by atoms with van der Waals surface area (Å²) in [4.78, 5) is 4.94. The summed E-state index contributed by atoms with van der Waals surface area (Å²) in [6.45, 7) is 4.32. The van der Waals surface area contributed by atoms with Gasteiger partial charge in [-0.05, 0) is 44.0 Å². The summed E-state index contributed by atoms with van der Waals surface area (Å²) in [7, 11) is 0. The van der Waals surface area contributed by atoms with E-state index in [2.05, 4.69) is 67.7 Å². The predicted molar refractivity (Wildman–Crippen MR) is 103 cm³/mol. The minimum Gasteiger partial charge on any atom is -0.354 e. The van der Waals surface area contributed by atoms with Gasteiger partial charge >= 0.3 is 0 Å². The van der Waals surface area contributed by atoms with Crippen molar-refractivity contribution in [3.05, 3.63) is 78.0 Å². The molecule has 1 heterocycles. The molecular weight excluding hydrogens is 292 g/mol. The first kappa shape index (κ1) is 16.3. The molecular formula is C22H24N2. The number of nitrogens with one attached hydrogen (secondary N) is 1. The van der Waals surface area contributed by atoms with Crippen LogP contribution >= 0.6 is 0 Å². The molecule has 0 fully saturated rings. The zero-order chi connectivity index (χ0) is 16.8. The van der Waals surface area contributed by atoms with Crippen molar-refractivity contribution < 1.29 is 0 Å². The highest BCUT2D eigenvalue weighted by atomic mass is 14.9. The maximum atomic E-state index is 4.94. The van der Waals surface area contributed by atoms with E-state index in [1.165, 1.54) is 17.5 Å². The number of hydrogen-bond donors (Lipinski definition) is 1. The van der Waals surface area contributed by atoms with Gasteiger partial charge in [-0.3, -0.25) is 4.98 Å². The van der Waals surface area contributed by atoms with E-state index in [4.69, 9.17) is 4.98 Å². The number of hydrogen-bond acceptors (Lipinski definition) is 2. The number of pyridine rings is 1. The minimum absolute atomic E-state index is 0.991. The first-order valence-corrected chi connectivity index (χ1v) is 8.65. The molecule has 0 aliphatic heterocycles. The molecule has 0 bridgehead atoms. The topological polar surface area (TPSA) is 24.9 Å². The summed E-state index contributed by atoms with van der Waals surface area (Å²) in [6, 6.07) is 23.1. The number of para-hydroxylation sites is 1. The highest BCUT2D eigenvalue weighted by Gasteiger charge is 2.08. The van der Waals surface area contributed by atoms with Crippen molar-refractivity contribution in [2.24, 2.45) is 0 Å². The molecule has 0 atom stereocenters. The van der Waals surface area contributed by atoms with E-state index in [-0.39, 0.29) is 0 Å². The second-order valence-electron chi connectivity index (χ2n) is 6.15. The lowest BCUT2D eigenvalue weighted by Gasteiger charge is -2.13. The van der Waals surface area contributed by atoms with Crippen molar-refractivity contribution in [3.8, 4) is 11.3 Å². The zero-order valence-corrected chi connectivity index (χ0v) is 14.4. The molecule has 0 aliphatic rings. The van der Waals surface area contributed by atoms with Crippen LogP contribution in [0.4, 0.5) is 11.4 Å². The van der Waals surface area contributed by atoms with Gasteiger partial charge in [-0.2, -0.15) is 0 Å². The Bertz CT molecular complexity index is 777. The van der Waals surface area contributed by atoms with Gasteiger partial charge in [0.05, 0.1) is 17.1 Å². The van der Waals surface area contributed by atoms with Crippen LogP contribution in [-0.4, -0.2) is 4.98 Å². The predicted octanol–water partition coefficient (Wildman–Crippen LogP) is 6.14. The number of nitrogens with zero attached hydrogens (tertiary/aromatic N) is 1. The second kappa shape index (κ2) is 7.78. The summed E-state index contributed by atoms with van der Waals surface area (Å²) in [5.74, 6) is 0. The van der Waals surface area contributed by atoms with Crippen molar-refractivity contribution in [2.75, 3.05) is 5.32 Å². The molecule has 122 valence electrons. The molecule has 1 aromatic heterocycles. The Kier molecular flexibility index (Phi) is 5.27. The van der Waals surface area contributed by atoms with E-state index in [0.717, 1.165) is 35.6 Å². The van der Waals surface area contributed by atoms with Gasteiger partial charge in [0, 0.05) is 11.3 Å². The molecule has 2 nitrogen and oxygen atoms in total. The highest BCUT2D eigenvalue weighted by molar-refractivity contribution is 5.67.